The summed E-state index contributed by atoms with van der Waals surface area (Å²) in [5.74, 6) is 1.61. The van der Waals surface area contributed by atoms with Crippen molar-refractivity contribution >= 4 is 0 Å². The van der Waals surface area contributed by atoms with E-state index in [1.807, 2.05) is 0 Å². The lowest BCUT2D eigenvalue weighted by Crippen LogP contribution is -2.63. The number of hydrogen-bond acceptors (Lipinski definition) is 2. The lowest BCUT2D eigenvalue weighted by atomic mass is 9.51. The van der Waals surface area contributed by atoms with E-state index in [1.165, 1.54) is 19.3 Å². The molecule has 4 fully saturated rings. The smallest absolute Gasteiger partial charge is 0.0670 e. The van der Waals surface area contributed by atoms with Crippen molar-refractivity contribution in [3.8, 4) is 0 Å². The minimum Gasteiger partial charge on any atom is -0.390 e. The van der Waals surface area contributed by atoms with Crippen LogP contribution in [0, 0.1) is 11.8 Å². The first kappa shape index (κ1) is 8.25. The first-order valence-electron chi connectivity index (χ1n) is 5.54. The van der Waals surface area contributed by atoms with Crippen molar-refractivity contribution in [2.75, 3.05) is 7.05 Å². The van der Waals surface area contributed by atoms with Crippen LogP contribution in [-0.2, 0) is 0 Å². The number of nitrogens with one attached hydrogen (secondary N) is 1. The maximum atomic E-state index is 10.4. The predicted octanol–water partition coefficient (Wildman–Crippen LogP) is 1.29. The summed E-state index contributed by atoms with van der Waals surface area (Å²) in [5, 5.41) is 13.8. The molecule has 4 aliphatic rings. The molecule has 0 aromatic carbocycles. The number of aliphatic hydroxyl groups is 1. The average Bonchev–Trinajstić information content (AvgIpc) is 1.99. The van der Waals surface area contributed by atoms with E-state index in [0.717, 1.165) is 31.1 Å². The van der Waals surface area contributed by atoms with Gasteiger partial charge in [0.05, 0.1) is 5.60 Å². The van der Waals surface area contributed by atoms with Gasteiger partial charge in [-0.05, 0) is 57.4 Å². The zero-order valence-corrected chi connectivity index (χ0v) is 8.34. The fourth-order valence-electron chi connectivity index (χ4n) is 4.51. The summed E-state index contributed by atoms with van der Waals surface area (Å²) >= 11 is 0. The molecule has 2 heteroatoms. The minimum atomic E-state index is -0.299. The molecule has 0 aromatic heterocycles. The van der Waals surface area contributed by atoms with Gasteiger partial charge in [0.2, 0.25) is 0 Å². The molecule has 0 heterocycles. The molecule has 2 unspecified atom stereocenters. The molecule has 74 valence electrons. The fraction of sp³-hybridized carbons (Fsp3) is 1.00. The molecular formula is C11H19NO. The van der Waals surface area contributed by atoms with Gasteiger partial charge in [0, 0.05) is 5.54 Å². The fourth-order valence-corrected chi connectivity index (χ4v) is 4.51. The van der Waals surface area contributed by atoms with Gasteiger partial charge in [-0.1, -0.05) is 0 Å². The Bertz CT molecular complexity index is 224. The second-order valence-corrected chi connectivity index (χ2v) is 5.72. The summed E-state index contributed by atoms with van der Waals surface area (Å²) in [6.07, 6.45) is 7.15. The number of hydrogen-bond donors (Lipinski definition) is 2. The standard InChI is InChI=1S/C11H19NO/c1-12-10-3-8-2-9(4-10)6-11(13,5-8)7-10/h8-9,12-13H,2-7H2,1H3. The Morgan fingerprint density at radius 3 is 2.23 bits per heavy atom. The second kappa shape index (κ2) is 2.29. The van der Waals surface area contributed by atoms with Crippen LogP contribution >= 0.6 is 0 Å². The van der Waals surface area contributed by atoms with Crippen molar-refractivity contribution in [1.82, 2.24) is 5.32 Å². The van der Waals surface area contributed by atoms with Gasteiger partial charge in [0.15, 0.2) is 0 Å². The van der Waals surface area contributed by atoms with E-state index in [1.54, 1.807) is 0 Å². The summed E-state index contributed by atoms with van der Waals surface area (Å²) in [5.41, 5.74) is 0.00588. The molecule has 4 bridgehead atoms. The van der Waals surface area contributed by atoms with Crippen molar-refractivity contribution in [3.05, 3.63) is 0 Å². The van der Waals surface area contributed by atoms with Gasteiger partial charge in [-0.2, -0.15) is 0 Å². The Kier molecular flexibility index (Phi) is 1.45. The van der Waals surface area contributed by atoms with Gasteiger partial charge in [0.25, 0.3) is 0 Å². The lowest BCUT2D eigenvalue weighted by Gasteiger charge is -2.60. The van der Waals surface area contributed by atoms with Crippen molar-refractivity contribution in [1.29, 1.82) is 0 Å². The van der Waals surface area contributed by atoms with E-state index >= 15 is 0 Å². The van der Waals surface area contributed by atoms with Crippen LogP contribution in [0.4, 0.5) is 0 Å². The average molecular weight is 181 g/mol. The van der Waals surface area contributed by atoms with Crippen LogP contribution in [0.2, 0.25) is 0 Å². The minimum absolute atomic E-state index is 0.299. The van der Waals surface area contributed by atoms with Gasteiger partial charge >= 0.3 is 0 Å². The molecule has 0 radical (unpaired) electrons. The SMILES string of the molecule is CNC12CC3CC(CC(O)(C3)C1)C2. The molecule has 0 saturated heterocycles. The molecule has 0 amide bonds. The number of rotatable bonds is 1. The second-order valence-electron chi connectivity index (χ2n) is 5.72. The summed E-state index contributed by atoms with van der Waals surface area (Å²) in [6.45, 7) is 0. The van der Waals surface area contributed by atoms with E-state index < -0.39 is 0 Å². The molecule has 0 spiro atoms. The normalized spacial score (nSPS) is 58.6. The van der Waals surface area contributed by atoms with Gasteiger partial charge in [0.1, 0.15) is 0 Å². The van der Waals surface area contributed by atoms with Crippen LogP contribution in [0.15, 0.2) is 0 Å². The molecule has 2 atom stereocenters. The van der Waals surface area contributed by atoms with E-state index in [-0.39, 0.29) is 5.60 Å². The highest BCUT2D eigenvalue weighted by Gasteiger charge is 2.56. The van der Waals surface area contributed by atoms with Crippen LogP contribution in [-0.4, -0.2) is 23.3 Å². The lowest BCUT2D eigenvalue weighted by molar-refractivity contribution is -0.140. The largest absolute Gasteiger partial charge is 0.390 e. The maximum Gasteiger partial charge on any atom is 0.0670 e. The van der Waals surface area contributed by atoms with Crippen molar-refractivity contribution < 1.29 is 5.11 Å². The van der Waals surface area contributed by atoms with E-state index in [0.29, 0.717) is 5.54 Å². The Morgan fingerprint density at radius 2 is 1.77 bits per heavy atom. The van der Waals surface area contributed by atoms with Crippen LogP contribution in [0.1, 0.15) is 38.5 Å². The van der Waals surface area contributed by atoms with Gasteiger partial charge in [-0.15, -0.1) is 0 Å². The quantitative estimate of drug-likeness (QED) is 0.639. The monoisotopic (exact) mass is 181 g/mol. The Morgan fingerprint density at radius 1 is 1.15 bits per heavy atom. The third-order valence-electron chi connectivity index (χ3n) is 4.56. The summed E-state index contributed by atoms with van der Waals surface area (Å²) < 4.78 is 0. The molecule has 4 rings (SSSR count). The Hall–Kier alpha value is -0.0800. The van der Waals surface area contributed by atoms with E-state index in [2.05, 4.69) is 12.4 Å². The third kappa shape index (κ3) is 1.08. The molecule has 4 aliphatic carbocycles. The first-order valence-corrected chi connectivity index (χ1v) is 5.54. The van der Waals surface area contributed by atoms with Crippen molar-refractivity contribution in [3.63, 3.8) is 0 Å². The summed E-state index contributed by atoms with van der Waals surface area (Å²) in [6, 6.07) is 0. The molecule has 13 heavy (non-hydrogen) atoms. The highest BCUT2D eigenvalue weighted by atomic mass is 16.3. The van der Waals surface area contributed by atoms with E-state index in [9.17, 15) is 5.11 Å². The first-order chi connectivity index (χ1) is 6.13. The highest BCUT2D eigenvalue weighted by molar-refractivity contribution is 5.11. The molecule has 2 N–H and O–H groups in total. The third-order valence-corrected chi connectivity index (χ3v) is 4.56. The van der Waals surface area contributed by atoms with E-state index in [4.69, 9.17) is 0 Å². The molecule has 0 aliphatic heterocycles. The molecule has 4 saturated carbocycles. The van der Waals surface area contributed by atoms with Crippen molar-refractivity contribution in [2.45, 2.75) is 49.7 Å². The Labute approximate surface area is 79.7 Å². The molecule has 2 nitrogen and oxygen atoms in total. The molecular weight excluding hydrogens is 162 g/mol. The summed E-state index contributed by atoms with van der Waals surface area (Å²) in [7, 11) is 2.07. The van der Waals surface area contributed by atoms with Gasteiger partial charge < -0.3 is 10.4 Å². The molecule has 0 aromatic rings. The zero-order valence-electron chi connectivity index (χ0n) is 8.34. The summed E-state index contributed by atoms with van der Waals surface area (Å²) in [4.78, 5) is 0. The zero-order chi connectivity index (χ0) is 9.10. The van der Waals surface area contributed by atoms with Crippen LogP contribution in [0.25, 0.3) is 0 Å². The van der Waals surface area contributed by atoms with Crippen LogP contribution < -0.4 is 5.32 Å². The van der Waals surface area contributed by atoms with Gasteiger partial charge in [-0.3, -0.25) is 0 Å². The van der Waals surface area contributed by atoms with Gasteiger partial charge in [-0.25, -0.2) is 0 Å². The maximum absolute atomic E-state index is 10.4. The van der Waals surface area contributed by atoms with Crippen LogP contribution in [0.3, 0.4) is 0 Å². The Balaban J connectivity index is 1.95. The van der Waals surface area contributed by atoms with Crippen LogP contribution in [0.5, 0.6) is 0 Å². The predicted molar refractivity (Wildman–Crippen MR) is 51.4 cm³/mol. The highest BCUT2D eigenvalue weighted by Crippen LogP contribution is 2.57. The van der Waals surface area contributed by atoms with Crippen molar-refractivity contribution in [2.24, 2.45) is 11.8 Å². The topological polar surface area (TPSA) is 32.3 Å².